The number of hydrogen-bond acceptors (Lipinski definition) is 5. The quantitative estimate of drug-likeness (QED) is 0.359. The van der Waals surface area contributed by atoms with Crippen molar-refractivity contribution in [2.45, 2.75) is 64.8 Å². The normalized spacial score (nSPS) is 13.8. The number of carboxylic acids is 1. The van der Waals surface area contributed by atoms with Crippen LogP contribution in [0.25, 0.3) is 0 Å². The molecule has 2 N–H and O–H groups in total. The summed E-state index contributed by atoms with van der Waals surface area (Å²) in [6.07, 6.45) is 16.5. The van der Waals surface area contributed by atoms with E-state index in [1.807, 2.05) is 12.1 Å². The first-order valence-corrected chi connectivity index (χ1v) is 11.5. The lowest BCUT2D eigenvalue weighted by Crippen LogP contribution is -2.39. The van der Waals surface area contributed by atoms with E-state index >= 15 is 0 Å². The molecule has 1 fully saturated rings. The smallest absolute Gasteiger partial charge is 0.303 e. The average molecular weight is 457 g/mol. The van der Waals surface area contributed by atoms with Crippen molar-refractivity contribution in [2.24, 2.45) is 5.92 Å². The van der Waals surface area contributed by atoms with Gasteiger partial charge in [0.1, 0.15) is 5.82 Å². The number of hydrogen-bond donors (Lipinski definition) is 2. The molecule has 7 heteroatoms. The Labute approximate surface area is 196 Å². The summed E-state index contributed by atoms with van der Waals surface area (Å²) in [6.45, 7) is 5.46. The van der Waals surface area contributed by atoms with Crippen molar-refractivity contribution < 1.29 is 9.90 Å². The molecular formula is C25H33ClN4O2. The Kier molecular flexibility index (Phi) is 10.3. The first kappa shape index (κ1) is 25.5. The molecule has 0 atom stereocenters. The highest BCUT2D eigenvalue weighted by Gasteiger charge is 2.24. The molecule has 0 spiro atoms. The van der Waals surface area contributed by atoms with Gasteiger partial charge in [-0.05, 0) is 60.5 Å². The van der Waals surface area contributed by atoms with Gasteiger partial charge in [-0.2, -0.15) is 0 Å². The van der Waals surface area contributed by atoms with Crippen LogP contribution in [-0.4, -0.2) is 33.6 Å². The van der Waals surface area contributed by atoms with E-state index in [-0.39, 0.29) is 11.7 Å². The predicted octanol–water partition coefficient (Wildman–Crippen LogP) is 5.94. The number of aryl methyl sites for hydroxylation is 1. The fourth-order valence-corrected chi connectivity index (χ4v) is 4.26. The maximum atomic E-state index is 11.0. The Balaban J connectivity index is 0.00000176. The van der Waals surface area contributed by atoms with E-state index in [0.717, 1.165) is 23.5 Å². The zero-order chi connectivity index (χ0) is 23.5. The van der Waals surface area contributed by atoms with Crippen LogP contribution in [0, 0.1) is 18.8 Å². The summed E-state index contributed by atoms with van der Waals surface area (Å²) in [5, 5.41) is 12.7. The van der Waals surface area contributed by atoms with E-state index in [2.05, 4.69) is 52.9 Å². The topological polar surface area (TPSA) is 78.4 Å². The van der Waals surface area contributed by atoms with Gasteiger partial charge >= 0.3 is 5.97 Å². The summed E-state index contributed by atoms with van der Waals surface area (Å²) < 4.78 is 0. The molecule has 0 amide bonds. The Hall–Kier alpha value is -2.78. The number of nitrogens with zero attached hydrogens (tertiary/aromatic N) is 3. The minimum absolute atomic E-state index is 0.108. The second kappa shape index (κ2) is 12.9. The van der Waals surface area contributed by atoms with Crippen molar-refractivity contribution >= 4 is 34.8 Å². The van der Waals surface area contributed by atoms with Crippen LogP contribution in [0.15, 0.2) is 30.5 Å². The molecular weight excluding hydrogens is 424 g/mol. The molecule has 6 nitrogen and oxygen atoms in total. The third-order valence-electron chi connectivity index (χ3n) is 5.46. The summed E-state index contributed by atoms with van der Waals surface area (Å²) in [6, 6.07) is 8.52. The molecule has 0 saturated heterocycles. The minimum atomic E-state index is -0.792. The van der Waals surface area contributed by atoms with Crippen LogP contribution < -0.4 is 10.2 Å². The zero-order valence-electron chi connectivity index (χ0n) is 18.9. The highest BCUT2D eigenvalue weighted by atomic mass is 35.5. The van der Waals surface area contributed by atoms with Gasteiger partial charge in [-0.3, -0.25) is 4.79 Å². The molecule has 2 aromatic rings. The number of rotatable bonds is 9. The standard InChI is InChI=1S/C23H31ClN4O2.C2H2/c1-16(2)15-28(18-6-4-3-5-7-18)20-10-8-17(9-11-22(29)30)14-19(20)26-21-12-13-25-23(24)27-21;1-2/h8,10,12-14,16,18H,3-7,9,11,15H2,1-2H3,(H,29,30)(H,25,26,27);1-2H. The third-order valence-corrected chi connectivity index (χ3v) is 5.65. The van der Waals surface area contributed by atoms with Crippen molar-refractivity contribution in [3.8, 4) is 12.8 Å². The SMILES string of the molecule is C#C.CC(C)CN(c1ccc(CCC(=O)O)cc1Nc1ccnc(Cl)n1)C1CCCCC1. The second-order valence-electron chi connectivity index (χ2n) is 8.42. The van der Waals surface area contributed by atoms with E-state index in [0.29, 0.717) is 24.2 Å². The summed E-state index contributed by atoms with van der Waals surface area (Å²) in [5.41, 5.74) is 3.04. The van der Waals surface area contributed by atoms with Crippen LogP contribution >= 0.6 is 11.6 Å². The Morgan fingerprint density at radius 1 is 1.25 bits per heavy atom. The minimum Gasteiger partial charge on any atom is -0.481 e. The van der Waals surface area contributed by atoms with Crippen molar-refractivity contribution in [1.82, 2.24) is 9.97 Å². The molecule has 32 heavy (non-hydrogen) atoms. The van der Waals surface area contributed by atoms with Crippen molar-refractivity contribution in [3.63, 3.8) is 0 Å². The van der Waals surface area contributed by atoms with E-state index in [4.69, 9.17) is 16.7 Å². The highest BCUT2D eigenvalue weighted by Crippen LogP contribution is 2.35. The molecule has 1 aromatic carbocycles. The molecule has 1 aromatic heterocycles. The van der Waals surface area contributed by atoms with Crippen LogP contribution in [0.4, 0.5) is 17.2 Å². The highest BCUT2D eigenvalue weighted by molar-refractivity contribution is 6.28. The number of anilines is 3. The number of carbonyl (C=O) groups is 1. The summed E-state index contributed by atoms with van der Waals surface area (Å²) in [4.78, 5) is 21.8. The largest absolute Gasteiger partial charge is 0.481 e. The van der Waals surface area contributed by atoms with Gasteiger partial charge in [0.15, 0.2) is 0 Å². The first-order valence-electron chi connectivity index (χ1n) is 11.1. The van der Waals surface area contributed by atoms with Gasteiger partial charge in [0.2, 0.25) is 5.28 Å². The van der Waals surface area contributed by atoms with Gasteiger partial charge in [-0.15, -0.1) is 12.8 Å². The van der Waals surface area contributed by atoms with Gasteiger partial charge in [0.25, 0.3) is 0 Å². The van der Waals surface area contributed by atoms with E-state index < -0.39 is 5.97 Å². The summed E-state index contributed by atoms with van der Waals surface area (Å²) in [5.74, 6) is 0.361. The number of aromatic nitrogens is 2. The Morgan fingerprint density at radius 2 is 1.97 bits per heavy atom. The first-order chi connectivity index (χ1) is 15.4. The lowest BCUT2D eigenvalue weighted by atomic mass is 9.92. The van der Waals surface area contributed by atoms with Gasteiger partial charge in [-0.1, -0.05) is 39.2 Å². The van der Waals surface area contributed by atoms with Gasteiger partial charge in [0.05, 0.1) is 11.4 Å². The van der Waals surface area contributed by atoms with Gasteiger partial charge in [0, 0.05) is 25.2 Å². The zero-order valence-corrected chi connectivity index (χ0v) is 19.7. The molecule has 3 rings (SSSR count). The second-order valence-corrected chi connectivity index (χ2v) is 8.76. The summed E-state index contributed by atoms with van der Waals surface area (Å²) in [7, 11) is 0. The number of aliphatic carboxylic acids is 1. The monoisotopic (exact) mass is 456 g/mol. The Bertz CT molecular complexity index is 895. The van der Waals surface area contributed by atoms with Crippen LogP contribution in [-0.2, 0) is 11.2 Å². The number of nitrogens with one attached hydrogen (secondary N) is 1. The molecule has 0 aliphatic heterocycles. The molecule has 1 saturated carbocycles. The molecule has 172 valence electrons. The van der Waals surface area contributed by atoms with Crippen molar-refractivity contribution in [2.75, 3.05) is 16.8 Å². The maximum Gasteiger partial charge on any atom is 0.303 e. The van der Waals surface area contributed by atoms with Crippen LogP contribution in [0.1, 0.15) is 57.9 Å². The van der Waals surface area contributed by atoms with Crippen molar-refractivity contribution in [1.29, 1.82) is 0 Å². The lowest BCUT2D eigenvalue weighted by Gasteiger charge is -2.38. The number of benzene rings is 1. The Morgan fingerprint density at radius 3 is 2.59 bits per heavy atom. The predicted molar refractivity (Wildman–Crippen MR) is 132 cm³/mol. The number of terminal acetylenes is 1. The van der Waals surface area contributed by atoms with E-state index in [1.165, 1.54) is 32.1 Å². The number of carboxylic acid groups (broad SMARTS) is 1. The molecule has 0 bridgehead atoms. The third kappa shape index (κ3) is 7.72. The van der Waals surface area contributed by atoms with Crippen LogP contribution in [0.2, 0.25) is 5.28 Å². The van der Waals surface area contributed by atoms with E-state index in [1.54, 1.807) is 12.3 Å². The van der Waals surface area contributed by atoms with E-state index in [9.17, 15) is 4.79 Å². The lowest BCUT2D eigenvalue weighted by molar-refractivity contribution is -0.136. The molecule has 1 aliphatic rings. The molecule has 0 unspecified atom stereocenters. The maximum absolute atomic E-state index is 11.0. The van der Waals surface area contributed by atoms with Crippen LogP contribution in [0.5, 0.6) is 0 Å². The molecule has 0 radical (unpaired) electrons. The number of halogens is 1. The van der Waals surface area contributed by atoms with Gasteiger partial charge < -0.3 is 15.3 Å². The average Bonchev–Trinajstić information content (AvgIpc) is 2.78. The molecule has 1 aliphatic carbocycles. The summed E-state index contributed by atoms with van der Waals surface area (Å²) >= 11 is 5.98. The molecule has 1 heterocycles. The van der Waals surface area contributed by atoms with Gasteiger partial charge in [-0.25, -0.2) is 9.97 Å². The fraction of sp³-hybridized carbons (Fsp3) is 0.480. The van der Waals surface area contributed by atoms with Crippen molar-refractivity contribution in [3.05, 3.63) is 41.3 Å². The van der Waals surface area contributed by atoms with Crippen LogP contribution in [0.3, 0.4) is 0 Å². The fourth-order valence-electron chi connectivity index (χ4n) is 4.11.